The monoisotopic (exact) mass is 345 g/mol. The number of fused-ring (bicyclic) bond motifs is 1. The summed E-state index contributed by atoms with van der Waals surface area (Å²) in [6.07, 6.45) is 6.91. The Bertz CT molecular complexity index is 913. The van der Waals surface area contributed by atoms with Crippen LogP contribution in [0, 0.1) is 11.6 Å². The molecule has 3 heterocycles. The third-order valence-electron chi connectivity index (χ3n) is 4.29. The highest BCUT2D eigenvalue weighted by molar-refractivity contribution is 5.75. The zero-order valence-corrected chi connectivity index (χ0v) is 13.6. The maximum absolute atomic E-state index is 13.4. The number of nitrogens with zero attached hydrogens (tertiary/aromatic N) is 4. The largest absolute Gasteiger partial charge is 0.371 e. The van der Waals surface area contributed by atoms with Crippen LogP contribution in [0.1, 0.15) is 24.5 Å². The van der Waals surface area contributed by atoms with Crippen molar-refractivity contribution in [2.45, 2.75) is 25.0 Å². The van der Waals surface area contributed by atoms with Gasteiger partial charge in [-0.15, -0.1) is 0 Å². The van der Waals surface area contributed by atoms with Gasteiger partial charge in [0.05, 0.1) is 29.5 Å². The van der Waals surface area contributed by atoms with Crippen molar-refractivity contribution >= 4 is 16.9 Å². The number of aromatic nitrogens is 4. The van der Waals surface area contributed by atoms with E-state index in [0.717, 1.165) is 30.5 Å². The van der Waals surface area contributed by atoms with Crippen molar-refractivity contribution < 1.29 is 13.5 Å². The van der Waals surface area contributed by atoms with E-state index < -0.39 is 11.6 Å². The fraction of sp³-hybridized carbons (Fsp3) is 0.353. The van der Waals surface area contributed by atoms with Gasteiger partial charge in [0, 0.05) is 37.5 Å². The summed E-state index contributed by atoms with van der Waals surface area (Å²) in [6.45, 7) is 0.686. The summed E-state index contributed by atoms with van der Waals surface area (Å²) in [5.41, 5.74) is 1.60. The molecule has 2 atom stereocenters. The quantitative estimate of drug-likeness (QED) is 0.791. The molecule has 1 saturated heterocycles. The van der Waals surface area contributed by atoms with Crippen molar-refractivity contribution in [3.05, 3.63) is 47.9 Å². The maximum atomic E-state index is 13.4. The van der Waals surface area contributed by atoms with E-state index in [2.05, 4.69) is 20.4 Å². The van der Waals surface area contributed by atoms with Crippen LogP contribution in [0.5, 0.6) is 0 Å². The van der Waals surface area contributed by atoms with Crippen LogP contribution in [-0.2, 0) is 11.8 Å². The molecule has 3 aromatic rings. The molecule has 0 spiro atoms. The van der Waals surface area contributed by atoms with Crippen LogP contribution >= 0.6 is 0 Å². The number of anilines is 1. The van der Waals surface area contributed by atoms with Crippen molar-refractivity contribution in [2.24, 2.45) is 7.05 Å². The summed E-state index contributed by atoms with van der Waals surface area (Å²) in [4.78, 5) is 8.51. The van der Waals surface area contributed by atoms with Gasteiger partial charge in [0.15, 0.2) is 11.6 Å². The number of rotatable bonds is 3. The highest BCUT2D eigenvalue weighted by atomic mass is 19.2. The van der Waals surface area contributed by atoms with Gasteiger partial charge in [0.25, 0.3) is 0 Å². The molecule has 25 heavy (non-hydrogen) atoms. The summed E-state index contributed by atoms with van der Waals surface area (Å²) in [6, 6.07) is 2.09. The van der Waals surface area contributed by atoms with E-state index in [0.29, 0.717) is 23.5 Å². The van der Waals surface area contributed by atoms with Crippen LogP contribution in [-0.4, -0.2) is 32.4 Å². The van der Waals surface area contributed by atoms with Crippen molar-refractivity contribution in [3.63, 3.8) is 0 Å². The average molecular weight is 345 g/mol. The van der Waals surface area contributed by atoms with Gasteiger partial charge < -0.3 is 10.1 Å². The molecule has 1 aliphatic rings. The zero-order valence-electron chi connectivity index (χ0n) is 13.6. The topological polar surface area (TPSA) is 64.9 Å². The summed E-state index contributed by atoms with van der Waals surface area (Å²) in [5, 5.41) is 7.51. The summed E-state index contributed by atoms with van der Waals surface area (Å²) in [5.74, 6) is -1.36. The Labute approximate surface area is 142 Å². The van der Waals surface area contributed by atoms with Gasteiger partial charge in [0.1, 0.15) is 11.9 Å². The molecule has 4 rings (SSSR count). The van der Waals surface area contributed by atoms with Crippen LogP contribution in [0.25, 0.3) is 11.0 Å². The number of ether oxygens (including phenoxy) is 1. The van der Waals surface area contributed by atoms with E-state index in [1.807, 2.05) is 13.2 Å². The molecule has 0 unspecified atom stereocenters. The molecule has 0 radical (unpaired) electrons. The van der Waals surface area contributed by atoms with E-state index in [1.165, 1.54) is 6.20 Å². The Morgan fingerprint density at radius 1 is 1.20 bits per heavy atom. The number of hydrogen-bond acceptors (Lipinski definition) is 5. The first kappa shape index (κ1) is 15.9. The third kappa shape index (κ3) is 3.17. The van der Waals surface area contributed by atoms with E-state index in [4.69, 9.17) is 4.74 Å². The smallest absolute Gasteiger partial charge is 0.161 e. The Morgan fingerprint density at radius 2 is 2.00 bits per heavy atom. The fourth-order valence-electron chi connectivity index (χ4n) is 3.11. The van der Waals surface area contributed by atoms with Gasteiger partial charge in [-0.2, -0.15) is 5.10 Å². The number of halogens is 2. The van der Waals surface area contributed by atoms with Gasteiger partial charge in [-0.3, -0.25) is 9.67 Å². The minimum Gasteiger partial charge on any atom is -0.371 e. The van der Waals surface area contributed by atoms with Crippen molar-refractivity contribution in [2.75, 3.05) is 11.9 Å². The Kier molecular flexibility index (Phi) is 4.04. The van der Waals surface area contributed by atoms with Gasteiger partial charge >= 0.3 is 0 Å². The molecule has 1 N–H and O–H groups in total. The first-order chi connectivity index (χ1) is 12.1. The molecule has 2 aromatic heterocycles. The minimum atomic E-state index is -0.937. The lowest BCUT2D eigenvalue weighted by Crippen LogP contribution is -2.34. The predicted molar refractivity (Wildman–Crippen MR) is 88.0 cm³/mol. The van der Waals surface area contributed by atoms with Gasteiger partial charge in [-0.05, 0) is 12.8 Å². The Morgan fingerprint density at radius 3 is 2.76 bits per heavy atom. The molecule has 0 bridgehead atoms. The second-order valence-electron chi connectivity index (χ2n) is 6.14. The molecular formula is C17H17F2N5O. The van der Waals surface area contributed by atoms with E-state index in [1.54, 1.807) is 10.9 Å². The van der Waals surface area contributed by atoms with Crippen LogP contribution < -0.4 is 5.32 Å². The lowest BCUT2D eigenvalue weighted by molar-refractivity contribution is 0.00552. The molecule has 6 nitrogen and oxygen atoms in total. The fourth-order valence-corrected chi connectivity index (χ4v) is 3.11. The first-order valence-corrected chi connectivity index (χ1v) is 8.08. The molecular weight excluding hydrogens is 328 g/mol. The normalized spacial score (nSPS) is 20.8. The Balaban J connectivity index is 1.61. The number of benzene rings is 1. The van der Waals surface area contributed by atoms with Crippen LogP contribution in [0.2, 0.25) is 0 Å². The standard InChI is InChI=1S/C17H17F2N5O/c1-24-9-10(7-21-24)17-13(3-2-4-25-17)22-16-8-20-14-5-11(18)12(19)6-15(14)23-16/h5-9,13,17H,2-4H2,1H3,(H,22,23)/t13-,17+/m0/s1. The number of hydrogen-bond donors (Lipinski definition) is 1. The van der Waals surface area contributed by atoms with E-state index in [9.17, 15) is 8.78 Å². The van der Waals surface area contributed by atoms with Crippen LogP contribution in [0.15, 0.2) is 30.7 Å². The van der Waals surface area contributed by atoms with Crippen LogP contribution in [0.4, 0.5) is 14.6 Å². The molecule has 0 aliphatic carbocycles. The SMILES string of the molecule is Cn1cc([C@H]2OCCC[C@@H]2Nc2cnc3cc(F)c(F)cc3n2)cn1. The number of nitrogens with one attached hydrogen (secondary N) is 1. The predicted octanol–water partition coefficient (Wildman–Crippen LogP) is 2.97. The first-order valence-electron chi connectivity index (χ1n) is 8.08. The summed E-state index contributed by atoms with van der Waals surface area (Å²) < 4.78 is 34.4. The van der Waals surface area contributed by atoms with E-state index >= 15 is 0 Å². The second kappa shape index (κ2) is 6.36. The summed E-state index contributed by atoms with van der Waals surface area (Å²) in [7, 11) is 1.86. The molecule has 8 heteroatoms. The Hall–Kier alpha value is -2.61. The lowest BCUT2D eigenvalue weighted by Gasteiger charge is -2.32. The van der Waals surface area contributed by atoms with Gasteiger partial charge in [-0.1, -0.05) is 0 Å². The van der Waals surface area contributed by atoms with Crippen molar-refractivity contribution in [3.8, 4) is 0 Å². The van der Waals surface area contributed by atoms with Gasteiger partial charge in [0.2, 0.25) is 0 Å². The average Bonchev–Trinajstić information content (AvgIpc) is 3.03. The molecule has 1 aromatic carbocycles. The lowest BCUT2D eigenvalue weighted by atomic mass is 9.98. The van der Waals surface area contributed by atoms with Gasteiger partial charge in [-0.25, -0.2) is 13.8 Å². The third-order valence-corrected chi connectivity index (χ3v) is 4.29. The van der Waals surface area contributed by atoms with Crippen molar-refractivity contribution in [1.82, 2.24) is 19.7 Å². The second-order valence-corrected chi connectivity index (χ2v) is 6.14. The number of aryl methyl sites for hydroxylation is 1. The highest BCUT2D eigenvalue weighted by Gasteiger charge is 2.28. The summed E-state index contributed by atoms with van der Waals surface area (Å²) >= 11 is 0. The molecule has 0 amide bonds. The maximum Gasteiger partial charge on any atom is 0.161 e. The van der Waals surface area contributed by atoms with E-state index in [-0.39, 0.29) is 12.1 Å². The zero-order chi connectivity index (χ0) is 17.4. The molecule has 1 aliphatic heterocycles. The van der Waals surface area contributed by atoms with Crippen LogP contribution in [0.3, 0.4) is 0 Å². The highest BCUT2D eigenvalue weighted by Crippen LogP contribution is 2.30. The molecule has 0 saturated carbocycles. The molecule has 1 fully saturated rings. The molecule has 130 valence electrons. The van der Waals surface area contributed by atoms with Crippen molar-refractivity contribution in [1.29, 1.82) is 0 Å². The minimum absolute atomic E-state index is 0.00463.